The van der Waals surface area contributed by atoms with Gasteiger partial charge in [-0.2, -0.15) is 0 Å². The van der Waals surface area contributed by atoms with Gasteiger partial charge in [-0.15, -0.1) is 0 Å². The summed E-state index contributed by atoms with van der Waals surface area (Å²) in [7, 11) is 0. The van der Waals surface area contributed by atoms with Crippen LogP contribution < -0.4 is 5.32 Å². The van der Waals surface area contributed by atoms with Crippen LogP contribution in [0.2, 0.25) is 0 Å². The quantitative estimate of drug-likeness (QED) is 0.793. The van der Waals surface area contributed by atoms with Crippen LogP contribution in [0.3, 0.4) is 0 Å². The van der Waals surface area contributed by atoms with E-state index in [1.54, 1.807) is 0 Å². The Morgan fingerprint density at radius 1 is 1.00 bits per heavy atom. The van der Waals surface area contributed by atoms with Gasteiger partial charge in [-0.25, -0.2) is 0 Å². The molecule has 0 radical (unpaired) electrons. The predicted octanol–water partition coefficient (Wildman–Crippen LogP) is 3.83. The molecule has 0 aromatic heterocycles. The fourth-order valence-electron chi connectivity index (χ4n) is 2.25. The standard InChI is InChI=1S/C15H25N/c1-11(2)6-14(5)16-10-15-8-12(3)7-13(4)9-15/h7-9,11,14,16H,6,10H2,1-5H3. The van der Waals surface area contributed by atoms with Crippen molar-refractivity contribution in [3.05, 3.63) is 34.9 Å². The molecule has 16 heavy (non-hydrogen) atoms. The lowest BCUT2D eigenvalue weighted by Crippen LogP contribution is -2.26. The molecule has 90 valence electrons. The van der Waals surface area contributed by atoms with Gasteiger partial charge in [0.15, 0.2) is 0 Å². The Labute approximate surface area is 100 Å². The summed E-state index contributed by atoms with van der Waals surface area (Å²) in [5, 5.41) is 3.58. The van der Waals surface area contributed by atoms with E-state index in [0.29, 0.717) is 6.04 Å². The third-order valence-corrected chi connectivity index (χ3v) is 2.76. The molecule has 1 aromatic carbocycles. The average molecular weight is 219 g/mol. The SMILES string of the molecule is Cc1cc(C)cc(CNC(C)CC(C)C)c1. The number of benzene rings is 1. The molecular formula is C15H25N. The monoisotopic (exact) mass is 219 g/mol. The zero-order valence-corrected chi connectivity index (χ0v) is 11.3. The van der Waals surface area contributed by atoms with Gasteiger partial charge in [-0.1, -0.05) is 43.2 Å². The second-order valence-corrected chi connectivity index (χ2v) is 5.41. The highest BCUT2D eigenvalue weighted by Crippen LogP contribution is 2.10. The van der Waals surface area contributed by atoms with Crippen molar-refractivity contribution in [2.75, 3.05) is 0 Å². The Balaban J connectivity index is 2.48. The number of hydrogen-bond donors (Lipinski definition) is 1. The highest BCUT2D eigenvalue weighted by molar-refractivity contribution is 5.28. The van der Waals surface area contributed by atoms with Crippen LogP contribution in [0, 0.1) is 19.8 Å². The lowest BCUT2D eigenvalue weighted by molar-refractivity contribution is 0.441. The van der Waals surface area contributed by atoms with E-state index in [4.69, 9.17) is 0 Å². The maximum absolute atomic E-state index is 3.58. The third kappa shape index (κ3) is 4.80. The largest absolute Gasteiger partial charge is 0.310 e. The molecular weight excluding hydrogens is 194 g/mol. The maximum atomic E-state index is 3.58. The molecule has 0 spiro atoms. The van der Waals surface area contributed by atoms with Crippen LogP contribution in [-0.2, 0) is 6.54 Å². The fraction of sp³-hybridized carbons (Fsp3) is 0.600. The molecule has 1 rings (SSSR count). The second kappa shape index (κ2) is 6.05. The first kappa shape index (κ1) is 13.2. The van der Waals surface area contributed by atoms with Crippen LogP contribution in [-0.4, -0.2) is 6.04 Å². The maximum Gasteiger partial charge on any atom is 0.0208 e. The zero-order chi connectivity index (χ0) is 12.1. The van der Waals surface area contributed by atoms with Crippen molar-refractivity contribution < 1.29 is 0 Å². The predicted molar refractivity (Wildman–Crippen MR) is 71.7 cm³/mol. The molecule has 1 heteroatoms. The minimum atomic E-state index is 0.598. The van der Waals surface area contributed by atoms with Gasteiger partial charge < -0.3 is 5.32 Å². The minimum absolute atomic E-state index is 0.598. The third-order valence-electron chi connectivity index (χ3n) is 2.76. The normalized spacial score (nSPS) is 13.1. The van der Waals surface area contributed by atoms with Crippen molar-refractivity contribution >= 4 is 0 Å². The van der Waals surface area contributed by atoms with Crippen LogP contribution in [0.25, 0.3) is 0 Å². The van der Waals surface area contributed by atoms with Crippen molar-refractivity contribution in [1.29, 1.82) is 0 Å². The van der Waals surface area contributed by atoms with Crippen LogP contribution >= 0.6 is 0 Å². The van der Waals surface area contributed by atoms with E-state index in [-0.39, 0.29) is 0 Å². The Kier molecular flexibility index (Phi) is 5.01. The van der Waals surface area contributed by atoms with Gasteiger partial charge in [0.1, 0.15) is 0 Å². The molecule has 1 atom stereocenters. The summed E-state index contributed by atoms with van der Waals surface area (Å²) in [4.78, 5) is 0. The second-order valence-electron chi connectivity index (χ2n) is 5.41. The van der Waals surface area contributed by atoms with Gasteiger partial charge in [0.05, 0.1) is 0 Å². The summed E-state index contributed by atoms with van der Waals surface area (Å²) >= 11 is 0. The van der Waals surface area contributed by atoms with E-state index in [9.17, 15) is 0 Å². The van der Waals surface area contributed by atoms with Crippen molar-refractivity contribution in [2.24, 2.45) is 5.92 Å². The highest BCUT2D eigenvalue weighted by Gasteiger charge is 2.04. The van der Waals surface area contributed by atoms with E-state index in [1.165, 1.54) is 23.1 Å². The van der Waals surface area contributed by atoms with Crippen LogP contribution in [0.5, 0.6) is 0 Å². The Morgan fingerprint density at radius 2 is 1.56 bits per heavy atom. The van der Waals surface area contributed by atoms with Crippen molar-refractivity contribution in [3.8, 4) is 0 Å². The first-order valence-corrected chi connectivity index (χ1v) is 6.28. The van der Waals surface area contributed by atoms with Gasteiger partial charge in [-0.05, 0) is 38.7 Å². The number of rotatable bonds is 5. The van der Waals surface area contributed by atoms with E-state index in [1.807, 2.05) is 0 Å². The smallest absolute Gasteiger partial charge is 0.0208 e. The minimum Gasteiger partial charge on any atom is -0.310 e. The molecule has 0 bridgehead atoms. The van der Waals surface area contributed by atoms with Gasteiger partial charge >= 0.3 is 0 Å². The molecule has 0 amide bonds. The zero-order valence-electron chi connectivity index (χ0n) is 11.3. The molecule has 0 aliphatic heterocycles. The van der Waals surface area contributed by atoms with Crippen molar-refractivity contribution in [1.82, 2.24) is 5.32 Å². The molecule has 0 saturated carbocycles. The molecule has 0 aliphatic rings. The van der Waals surface area contributed by atoms with Crippen LogP contribution in [0.1, 0.15) is 43.9 Å². The first-order chi connectivity index (χ1) is 7.47. The summed E-state index contributed by atoms with van der Waals surface area (Å²) in [5.74, 6) is 0.766. The molecule has 0 fully saturated rings. The average Bonchev–Trinajstić information content (AvgIpc) is 2.12. The molecule has 0 heterocycles. The van der Waals surface area contributed by atoms with E-state index in [2.05, 4.69) is 58.1 Å². The lowest BCUT2D eigenvalue weighted by atomic mass is 10.0. The van der Waals surface area contributed by atoms with Gasteiger partial charge in [0, 0.05) is 12.6 Å². The van der Waals surface area contributed by atoms with Gasteiger partial charge in [-0.3, -0.25) is 0 Å². The Hall–Kier alpha value is -0.820. The molecule has 1 nitrogen and oxygen atoms in total. The molecule has 1 aromatic rings. The van der Waals surface area contributed by atoms with E-state index in [0.717, 1.165) is 12.5 Å². The summed E-state index contributed by atoms with van der Waals surface area (Å²) in [6.45, 7) is 12.1. The summed E-state index contributed by atoms with van der Waals surface area (Å²) < 4.78 is 0. The lowest BCUT2D eigenvalue weighted by Gasteiger charge is -2.16. The van der Waals surface area contributed by atoms with Crippen LogP contribution in [0.4, 0.5) is 0 Å². The number of hydrogen-bond acceptors (Lipinski definition) is 1. The van der Waals surface area contributed by atoms with Gasteiger partial charge in [0.2, 0.25) is 0 Å². The van der Waals surface area contributed by atoms with Crippen molar-refractivity contribution in [2.45, 2.75) is 53.6 Å². The van der Waals surface area contributed by atoms with E-state index < -0.39 is 0 Å². The summed E-state index contributed by atoms with van der Waals surface area (Å²) in [6, 6.07) is 7.35. The number of nitrogens with one attached hydrogen (secondary N) is 1. The highest BCUT2D eigenvalue weighted by atomic mass is 14.9. The molecule has 1 N–H and O–H groups in total. The summed E-state index contributed by atoms with van der Waals surface area (Å²) in [5.41, 5.74) is 4.11. The van der Waals surface area contributed by atoms with Gasteiger partial charge in [0.25, 0.3) is 0 Å². The van der Waals surface area contributed by atoms with E-state index >= 15 is 0 Å². The molecule has 0 aliphatic carbocycles. The fourth-order valence-corrected chi connectivity index (χ4v) is 2.25. The summed E-state index contributed by atoms with van der Waals surface area (Å²) in [6.07, 6.45) is 1.24. The Morgan fingerprint density at radius 3 is 2.06 bits per heavy atom. The van der Waals surface area contributed by atoms with Crippen LogP contribution in [0.15, 0.2) is 18.2 Å². The Bertz CT molecular complexity index is 308. The number of aryl methyl sites for hydroxylation is 2. The molecule has 1 unspecified atom stereocenters. The first-order valence-electron chi connectivity index (χ1n) is 6.28. The topological polar surface area (TPSA) is 12.0 Å². The van der Waals surface area contributed by atoms with Crippen molar-refractivity contribution in [3.63, 3.8) is 0 Å². The molecule has 0 saturated heterocycles.